The Kier molecular flexibility index (Phi) is 3.39. The minimum Gasteiger partial charge on any atom is -0.397 e. The minimum absolute atomic E-state index is 0.397. The number of thioether (sulfide) groups is 1. The van der Waals surface area contributed by atoms with Gasteiger partial charge in [-0.2, -0.15) is 4.98 Å². The van der Waals surface area contributed by atoms with E-state index in [4.69, 9.17) is 10.3 Å². The van der Waals surface area contributed by atoms with Gasteiger partial charge in [-0.15, -0.1) is 11.8 Å². The number of hydrogen-bond donors (Lipinski definition) is 1. The molecule has 0 spiro atoms. The molecule has 0 bridgehead atoms. The van der Waals surface area contributed by atoms with Crippen molar-refractivity contribution in [3.05, 3.63) is 42.7 Å². The summed E-state index contributed by atoms with van der Waals surface area (Å²) in [6.45, 7) is 0. The predicted molar refractivity (Wildman–Crippen MR) is 79.2 cm³/mol. The lowest BCUT2D eigenvalue weighted by molar-refractivity contribution is 0.432. The van der Waals surface area contributed by atoms with Crippen molar-refractivity contribution in [2.75, 3.05) is 12.0 Å². The molecule has 0 aliphatic carbocycles. The van der Waals surface area contributed by atoms with E-state index in [0.29, 0.717) is 23.0 Å². The lowest BCUT2D eigenvalue weighted by atomic mass is 10.2. The van der Waals surface area contributed by atoms with Crippen molar-refractivity contribution >= 4 is 17.4 Å². The Bertz CT molecular complexity index is 724. The largest absolute Gasteiger partial charge is 0.397 e. The van der Waals surface area contributed by atoms with Crippen LogP contribution < -0.4 is 5.73 Å². The summed E-state index contributed by atoms with van der Waals surface area (Å²) in [6, 6.07) is 9.74. The van der Waals surface area contributed by atoms with Crippen molar-refractivity contribution in [3.63, 3.8) is 0 Å². The van der Waals surface area contributed by atoms with Gasteiger partial charge in [0, 0.05) is 16.7 Å². The summed E-state index contributed by atoms with van der Waals surface area (Å²) in [6.07, 6.45) is 5.24. The highest BCUT2D eigenvalue weighted by molar-refractivity contribution is 7.98. The average Bonchev–Trinajstić information content (AvgIpc) is 2.97. The van der Waals surface area contributed by atoms with Crippen LogP contribution in [0.15, 0.2) is 52.1 Å². The molecule has 2 heterocycles. The molecule has 0 aliphatic rings. The first-order valence-electron chi connectivity index (χ1n) is 5.96. The predicted octanol–water partition coefficient (Wildman–Crippen LogP) is 3.10. The third-order valence-corrected chi connectivity index (χ3v) is 3.60. The highest BCUT2D eigenvalue weighted by Gasteiger charge is 2.12. The number of nitrogens with zero attached hydrogens (tertiary/aromatic N) is 3. The summed E-state index contributed by atoms with van der Waals surface area (Å²) >= 11 is 1.69. The second kappa shape index (κ2) is 5.34. The summed E-state index contributed by atoms with van der Waals surface area (Å²) in [5.41, 5.74) is 7.96. The van der Waals surface area contributed by atoms with Gasteiger partial charge in [-0.1, -0.05) is 5.16 Å². The third-order valence-electron chi connectivity index (χ3n) is 2.86. The number of anilines is 1. The molecule has 2 aromatic heterocycles. The standard InChI is InChI=1S/C14H12N4OS/c1-20-10-4-2-9(3-5-10)13-17-14(19-18-13)11-6-7-16-8-12(11)15/h2-8H,15H2,1H3. The summed E-state index contributed by atoms with van der Waals surface area (Å²) in [5, 5.41) is 3.99. The van der Waals surface area contributed by atoms with Gasteiger partial charge < -0.3 is 10.3 Å². The average molecular weight is 284 g/mol. The van der Waals surface area contributed by atoms with Crippen LogP contribution in [0.5, 0.6) is 0 Å². The van der Waals surface area contributed by atoms with Crippen molar-refractivity contribution < 1.29 is 4.52 Å². The van der Waals surface area contributed by atoms with E-state index < -0.39 is 0 Å². The molecule has 0 saturated carbocycles. The van der Waals surface area contributed by atoms with Crippen LogP contribution in [0.2, 0.25) is 0 Å². The number of benzene rings is 1. The number of pyridine rings is 1. The molecule has 100 valence electrons. The van der Waals surface area contributed by atoms with Crippen LogP contribution in [-0.4, -0.2) is 21.4 Å². The molecule has 0 aliphatic heterocycles. The van der Waals surface area contributed by atoms with Gasteiger partial charge in [-0.05, 0) is 36.6 Å². The quantitative estimate of drug-likeness (QED) is 0.745. The first-order chi connectivity index (χ1) is 9.78. The second-order valence-electron chi connectivity index (χ2n) is 4.11. The van der Waals surface area contributed by atoms with E-state index in [0.717, 1.165) is 5.56 Å². The highest BCUT2D eigenvalue weighted by Crippen LogP contribution is 2.26. The van der Waals surface area contributed by atoms with Crippen molar-refractivity contribution in [2.24, 2.45) is 0 Å². The fourth-order valence-electron chi connectivity index (χ4n) is 1.79. The molecule has 0 atom stereocenters. The normalized spacial score (nSPS) is 10.7. The van der Waals surface area contributed by atoms with Crippen molar-refractivity contribution in [1.82, 2.24) is 15.1 Å². The van der Waals surface area contributed by atoms with Gasteiger partial charge in [0.1, 0.15) is 0 Å². The Hall–Kier alpha value is -2.34. The molecule has 20 heavy (non-hydrogen) atoms. The van der Waals surface area contributed by atoms with E-state index in [1.165, 1.54) is 4.90 Å². The van der Waals surface area contributed by atoms with Crippen LogP contribution in [0.1, 0.15) is 0 Å². The Labute approximate surface area is 120 Å². The van der Waals surface area contributed by atoms with Crippen LogP contribution in [0.4, 0.5) is 5.69 Å². The van der Waals surface area contributed by atoms with Gasteiger partial charge in [-0.3, -0.25) is 4.98 Å². The lowest BCUT2D eigenvalue weighted by Crippen LogP contribution is -1.90. The number of rotatable bonds is 3. The maximum absolute atomic E-state index is 5.85. The number of nitrogens with two attached hydrogens (primary N) is 1. The Morgan fingerprint density at radius 2 is 1.95 bits per heavy atom. The topological polar surface area (TPSA) is 77.8 Å². The molecule has 0 unspecified atom stereocenters. The Morgan fingerprint density at radius 3 is 2.65 bits per heavy atom. The van der Waals surface area contributed by atoms with Crippen LogP contribution in [0.25, 0.3) is 22.8 Å². The molecule has 5 nitrogen and oxygen atoms in total. The smallest absolute Gasteiger partial charge is 0.260 e. The Balaban J connectivity index is 1.95. The Morgan fingerprint density at radius 1 is 1.15 bits per heavy atom. The molecule has 0 fully saturated rings. The molecule has 1 aromatic carbocycles. The van der Waals surface area contributed by atoms with E-state index in [-0.39, 0.29) is 0 Å². The van der Waals surface area contributed by atoms with Crippen molar-refractivity contribution in [2.45, 2.75) is 4.90 Å². The van der Waals surface area contributed by atoms with Gasteiger partial charge in [0.15, 0.2) is 0 Å². The van der Waals surface area contributed by atoms with Gasteiger partial charge >= 0.3 is 0 Å². The van der Waals surface area contributed by atoms with Gasteiger partial charge in [-0.25, -0.2) is 0 Å². The molecule has 0 radical (unpaired) electrons. The zero-order valence-electron chi connectivity index (χ0n) is 10.8. The molecular weight excluding hydrogens is 272 g/mol. The van der Waals surface area contributed by atoms with Crippen LogP contribution >= 0.6 is 11.8 Å². The van der Waals surface area contributed by atoms with Gasteiger partial charge in [0.05, 0.1) is 17.4 Å². The SMILES string of the molecule is CSc1ccc(-c2noc(-c3ccncc3N)n2)cc1. The zero-order valence-corrected chi connectivity index (χ0v) is 11.6. The van der Waals surface area contributed by atoms with E-state index in [2.05, 4.69) is 15.1 Å². The first-order valence-corrected chi connectivity index (χ1v) is 7.18. The van der Waals surface area contributed by atoms with E-state index in [9.17, 15) is 0 Å². The van der Waals surface area contributed by atoms with E-state index >= 15 is 0 Å². The maximum Gasteiger partial charge on any atom is 0.260 e. The molecule has 0 saturated heterocycles. The van der Waals surface area contributed by atoms with E-state index in [1.807, 2.05) is 30.5 Å². The van der Waals surface area contributed by atoms with Crippen molar-refractivity contribution in [1.29, 1.82) is 0 Å². The lowest BCUT2D eigenvalue weighted by Gasteiger charge is -1.98. The van der Waals surface area contributed by atoms with Gasteiger partial charge in [0.2, 0.25) is 5.82 Å². The highest BCUT2D eigenvalue weighted by atomic mass is 32.2. The van der Waals surface area contributed by atoms with E-state index in [1.54, 1.807) is 30.2 Å². The van der Waals surface area contributed by atoms with Gasteiger partial charge in [0.25, 0.3) is 5.89 Å². The van der Waals surface area contributed by atoms with Crippen LogP contribution in [0, 0.1) is 0 Å². The fourth-order valence-corrected chi connectivity index (χ4v) is 2.20. The monoisotopic (exact) mass is 284 g/mol. The molecule has 3 aromatic rings. The molecular formula is C14H12N4OS. The van der Waals surface area contributed by atoms with Crippen molar-refractivity contribution in [3.8, 4) is 22.8 Å². The van der Waals surface area contributed by atoms with Crippen LogP contribution in [0.3, 0.4) is 0 Å². The summed E-state index contributed by atoms with van der Waals surface area (Å²) in [5.74, 6) is 0.942. The zero-order chi connectivity index (χ0) is 13.9. The number of nitrogen functional groups attached to an aromatic ring is 1. The third kappa shape index (κ3) is 2.37. The number of hydrogen-bond acceptors (Lipinski definition) is 6. The molecule has 0 amide bonds. The summed E-state index contributed by atoms with van der Waals surface area (Å²) in [7, 11) is 0. The molecule has 3 rings (SSSR count). The summed E-state index contributed by atoms with van der Waals surface area (Å²) in [4.78, 5) is 9.50. The first kappa shape index (κ1) is 12.7. The second-order valence-corrected chi connectivity index (χ2v) is 4.99. The molecule has 2 N–H and O–H groups in total. The fraction of sp³-hybridized carbons (Fsp3) is 0.0714. The number of aromatic nitrogens is 3. The van der Waals surface area contributed by atoms with Crippen LogP contribution in [-0.2, 0) is 0 Å². The molecule has 6 heteroatoms. The summed E-state index contributed by atoms with van der Waals surface area (Å²) < 4.78 is 5.27. The minimum atomic E-state index is 0.397. The maximum atomic E-state index is 5.85.